The lowest BCUT2D eigenvalue weighted by atomic mass is 9.91. The highest BCUT2D eigenvalue weighted by atomic mass is 16.4. The Bertz CT molecular complexity index is 145. The van der Waals surface area contributed by atoms with Gasteiger partial charge in [-0.15, -0.1) is 0 Å². The van der Waals surface area contributed by atoms with Crippen molar-refractivity contribution in [3.63, 3.8) is 0 Å². The van der Waals surface area contributed by atoms with E-state index in [0.717, 1.165) is 0 Å². The molecule has 0 amide bonds. The van der Waals surface area contributed by atoms with Crippen molar-refractivity contribution in [3.05, 3.63) is 0 Å². The summed E-state index contributed by atoms with van der Waals surface area (Å²) in [6.07, 6.45) is 1.24. The maximum atomic E-state index is 10.9. The molecule has 0 heterocycles. The standard InChI is InChI=1S/C7H13BO3/c1-6(9)5-7(10)3-4-8-11-2/h8H,3-5H2,1-2H3. The van der Waals surface area contributed by atoms with Gasteiger partial charge in [0.2, 0.25) is 0 Å². The van der Waals surface area contributed by atoms with E-state index in [1.807, 2.05) is 0 Å². The minimum atomic E-state index is -0.0626. The highest BCUT2D eigenvalue weighted by Crippen LogP contribution is 1.95. The van der Waals surface area contributed by atoms with Crippen molar-refractivity contribution in [1.29, 1.82) is 0 Å². The van der Waals surface area contributed by atoms with Crippen LogP contribution in [-0.2, 0) is 14.2 Å². The molecule has 0 aromatic rings. The SMILES string of the molecule is COBCCC(=O)CC(C)=O. The monoisotopic (exact) mass is 156 g/mol. The fourth-order valence-corrected chi connectivity index (χ4v) is 0.780. The summed E-state index contributed by atoms with van der Waals surface area (Å²) in [5, 5.41) is 0. The van der Waals surface area contributed by atoms with E-state index in [0.29, 0.717) is 20.2 Å². The van der Waals surface area contributed by atoms with Crippen LogP contribution in [-0.4, -0.2) is 26.2 Å². The second-order valence-corrected chi connectivity index (χ2v) is 2.51. The van der Waals surface area contributed by atoms with Gasteiger partial charge in [0, 0.05) is 13.5 Å². The van der Waals surface area contributed by atoms with Gasteiger partial charge >= 0.3 is 0 Å². The lowest BCUT2D eigenvalue weighted by Gasteiger charge is -1.95. The summed E-state index contributed by atoms with van der Waals surface area (Å²) in [4.78, 5) is 21.3. The largest absolute Gasteiger partial charge is 0.442 e. The lowest BCUT2D eigenvalue weighted by Crippen LogP contribution is -2.05. The summed E-state index contributed by atoms with van der Waals surface area (Å²) in [6, 6.07) is 0. The van der Waals surface area contributed by atoms with Crippen LogP contribution >= 0.6 is 0 Å². The molecule has 0 aromatic heterocycles. The van der Waals surface area contributed by atoms with Crippen molar-refractivity contribution in [3.8, 4) is 0 Å². The molecule has 0 unspecified atom stereocenters. The van der Waals surface area contributed by atoms with Gasteiger partial charge in [0.1, 0.15) is 11.6 Å². The van der Waals surface area contributed by atoms with E-state index in [1.165, 1.54) is 6.92 Å². The first-order chi connectivity index (χ1) is 5.16. The van der Waals surface area contributed by atoms with Gasteiger partial charge in [-0.3, -0.25) is 9.59 Å². The average molecular weight is 156 g/mol. The molecule has 0 atom stereocenters. The van der Waals surface area contributed by atoms with Crippen molar-refractivity contribution in [2.75, 3.05) is 7.11 Å². The Balaban J connectivity index is 3.30. The van der Waals surface area contributed by atoms with Crippen LogP contribution in [0.3, 0.4) is 0 Å². The van der Waals surface area contributed by atoms with Gasteiger partial charge in [-0.1, -0.05) is 0 Å². The number of hydrogen-bond donors (Lipinski definition) is 0. The van der Waals surface area contributed by atoms with Crippen molar-refractivity contribution in [2.45, 2.75) is 26.1 Å². The zero-order valence-corrected chi connectivity index (χ0v) is 7.05. The molecule has 0 spiro atoms. The van der Waals surface area contributed by atoms with Crippen LogP contribution in [0.2, 0.25) is 6.32 Å². The summed E-state index contributed by atoms with van der Waals surface area (Å²) < 4.78 is 4.76. The van der Waals surface area contributed by atoms with Gasteiger partial charge in [-0.2, -0.15) is 0 Å². The Morgan fingerprint density at radius 2 is 2.09 bits per heavy atom. The topological polar surface area (TPSA) is 43.4 Å². The summed E-state index contributed by atoms with van der Waals surface area (Å²) in [5.74, 6) is -0.0537. The van der Waals surface area contributed by atoms with Crippen LogP contribution in [0.15, 0.2) is 0 Å². The minimum absolute atomic E-state index is 0.00884. The summed E-state index contributed by atoms with van der Waals surface area (Å²) >= 11 is 0. The van der Waals surface area contributed by atoms with E-state index < -0.39 is 0 Å². The number of rotatable bonds is 6. The molecule has 11 heavy (non-hydrogen) atoms. The van der Waals surface area contributed by atoms with Crippen LogP contribution < -0.4 is 0 Å². The quantitative estimate of drug-likeness (QED) is 0.316. The molecule has 0 radical (unpaired) electrons. The van der Waals surface area contributed by atoms with E-state index in [9.17, 15) is 9.59 Å². The summed E-state index contributed by atoms with van der Waals surface area (Å²) in [7, 11) is 2.18. The Labute approximate surface area is 67.4 Å². The molecule has 0 N–H and O–H groups in total. The molecule has 0 aromatic carbocycles. The van der Waals surface area contributed by atoms with Crippen molar-refractivity contribution >= 4 is 19.0 Å². The van der Waals surface area contributed by atoms with Crippen LogP contribution in [0, 0.1) is 0 Å². The molecule has 0 aliphatic carbocycles. The first-order valence-corrected chi connectivity index (χ1v) is 3.67. The summed E-state index contributed by atoms with van der Waals surface area (Å²) in [5.41, 5.74) is 0. The van der Waals surface area contributed by atoms with Gasteiger partial charge in [0.15, 0.2) is 0 Å². The minimum Gasteiger partial charge on any atom is -0.442 e. The highest BCUT2D eigenvalue weighted by Gasteiger charge is 2.04. The van der Waals surface area contributed by atoms with E-state index in [2.05, 4.69) is 0 Å². The molecule has 0 bridgehead atoms. The maximum Gasteiger partial charge on any atom is 0.274 e. The number of carbonyl (C=O) groups is 2. The predicted molar refractivity (Wildman–Crippen MR) is 43.9 cm³/mol. The van der Waals surface area contributed by atoms with E-state index in [1.54, 1.807) is 7.11 Å². The van der Waals surface area contributed by atoms with Crippen LogP contribution in [0.4, 0.5) is 0 Å². The number of Topliss-reactive ketones (excluding diaryl/α,β-unsaturated/α-hetero) is 2. The first kappa shape index (κ1) is 10.4. The average Bonchev–Trinajstić information content (AvgIpc) is 1.86. The fraction of sp³-hybridized carbons (Fsp3) is 0.714. The van der Waals surface area contributed by atoms with E-state index in [-0.39, 0.29) is 18.0 Å². The zero-order valence-electron chi connectivity index (χ0n) is 7.05. The van der Waals surface area contributed by atoms with Crippen LogP contribution in [0.5, 0.6) is 0 Å². The van der Waals surface area contributed by atoms with Crippen molar-refractivity contribution in [2.24, 2.45) is 0 Å². The second-order valence-electron chi connectivity index (χ2n) is 2.51. The molecule has 0 rings (SSSR count). The first-order valence-electron chi connectivity index (χ1n) is 3.67. The number of hydrogen-bond acceptors (Lipinski definition) is 3. The molecular weight excluding hydrogens is 143 g/mol. The molecule has 0 saturated heterocycles. The smallest absolute Gasteiger partial charge is 0.274 e. The molecule has 62 valence electrons. The van der Waals surface area contributed by atoms with Crippen molar-refractivity contribution in [1.82, 2.24) is 0 Å². The Kier molecular flexibility index (Phi) is 5.75. The lowest BCUT2D eigenvalue weighted by molar-refractivity contribution is -0.125. The molecule has 4 heteroatoms. The Morgan fingerprint density at radius 1 is 1.45 bits per heavy atom. The molecule has 0 aliphatic rings. The van der Waals surface area contributed by atoms with Gasteiger partial charge in [-0.25, -0.2) is 0 Å². The predicted octanol–water partition coefficient (Wildman–Crippen LogP) is 0.341. The third-order valence-electron chi connectivity index (χ3n) is 1.25. The number of carbonyl (C=O) groups excluding carboxylic acids is 2. The second kappa shape index (κ2) is 6.10. The zero-order chi connectivity index (χ0) is 8.69. The molecule has 0 saturated carbocycles. The third kappa shape index (κ3) is 7.26. The van der Waals surface area contributed by atoms with Gasteiger partial charge in [0.05, 0.1) is 6.42 Å². The normalized spacial score (nSPS) is 9.27. The molecule has 0 aliphatic heterocycles. The third-order valence-corrected chi connectivity index (χ3v) is 1.25. The molecule has 0 fully saturated rings. The number of ketones is 2. The van der Waals surface area contributed by atoms with Crippen molar-refractivity contribution < 1.29 is 14.2 Å². The molecular formula is C7H13BO3. The fourth-order valence-electron chi connectivity index (χ4n) is 0.780. The van der Waals surface area contributed by atoms with Gasteiger partial charge in [-0.05, 0) is 13.2 Å². The van der Waals surface area contributed by atoms with Gasteiger partial charge in [0.25, 0.3) is 7.48 Å². The highest BCUT2D eigenvalue weighted by molar-refractivity contribution is 6.27. The van der Waals surface area contributed by atoms with Crippen LogP contribution in [0.25, 0.3) is 0 Å². The molecule has 3 nitrogen and oxygen atoms in total. The van der Waals surface area contributed by atoms with Crippen LogP contribution in [0.1, 0.15) is 19.8 Å². The Hall–Kier alpha value is -0.635. The van der Waals surface area contributed by atoms with E-state index >= 15 is 0 Å². The van der Waals surface area contributed by atoms with E-state index in [4.69, 9.17) is 4.65 Å². The Morgan fingerprint density at radius 3 is 2.55 bits per heavy atom. The van der Waals surface area contributed by atoms with Gasteiger partial charge < -0.3 is 4.65 Å². The summed E-state index contributed by atoms with van der Waals surface area (Å²) in [6.45, 7) is 1.42. The maximum absolute atomic E-state index is 10.9.